The van der Waals surface area contributed by atoms with Gasteiger partial charge in [0, 0.05) is 18.1 Å². The van der Waals surface area contributed by atoms with E-state index in [-0.39, 0.29) is 0 Å². The molecule has 0 radical (unpaired) electrons. The zero-order valence-electron chi connectivity index (χ0n) is 6.32. The summed E-state index contributed by atoms with van der Waals surface area (Å²) in [5.41, 5.74) is 0. The molecular formula is C6H10N2O2S. The lowest BCUT2D eigenvalue weighted by Gasteiger charge is -2.00. The second-order valence-corrected chi connectivity index (χ2v) is 2.53. The van der Waals surface area contributed by atoms with E-state index in [4.69, 9.17) is 9.47 Å². The van der Waals surface area contributed by atoms with Crippen LogP contribution in [-0.4, -0.2) is 29.4 Å². The van der Waals surface area contributed by atoms with Crippen molar-refractivity contribution in [3.05, 3.63) is 6.20 Å². The molecule has 1 aromatic heterocycles. The van der Waals surface area contributed by atoms with Gasteiger partial charge in [-0.1, -0.05) is 4.49 Å². The van der Waals surface area contributed by atoms with Gasteiger partial charge in [-0.05, 0) is 6.92 Å². The molecule has 11 heavy (non-hydrogen) atoms. The van der Waals surface area contributed by atoms with E-state index in [1.54, 1.807) is 6.20 Å². The van der Waals surface area contributed by atoms with Crippen LogP contribution >= 0.6 is 11.5 Å². The van der Waals surface area contributed by atoms with Crippen LogP contribution in [0.2, 0.25) is 0 Å². The highest BCUT2D eigenvalue weighted by molar-refractivity contribution is 7.07. The molecule has 0 bridgehead atoms. The van der Waals surface area contributed by atoms with Crippen LogP contribution in [0.3, 0.4) is 0 Å². The van der Waals surface area contributed by atoms with Crippen LogP contribution in [0, 0.1) is 0 Å². The Bertz CT molecular complexity index is 179. The summed E-state index contributed by atoms with van der Waals surface area (Å²) in [5, 5.41) is 4.36. The standard InChI is InChI=1S/C6H10N2O2S/c1-2-9-3-4-10-6-5-7-8-11-6/h5H,2-4H2,1H3. The van der Waals surface area contributed by atoms with Crippen molar-refractivity contribution in [1.29, 1.82) is 0 Å². The summed E-state index contributed by atoms with van der Waals surface area (Å²) in [5.74, 6) is 0. The molecule has 0 atom stereocenters. The number of rotatable bonds is 5. The topological polar surface area (TPSA) is 44.2 Å². The van der Waals surface area contributed by atoms with Crippen molar-refractivity contribution in [2.24, 2.45) is 0 Å². The van der Waals surface area contributed by atoms with Crippen molar-refractivity contribution < 1.29 is 9.47 Å². The predicted molar refractivity (Wildman–Crippen MR) is 41.9 cm³/mol. The van der Waals surface area contributed by atoms with Crippen LogP contribution < -0.4 is 4.74 Å². The Labute approximate surface area is 69.3 Å². The molecule has 0 aromatic carbocycles. The van der Waals surface area contributed by atoms with Gasteiger partial charge in [0.2, 0.25) is 5.06 Å². The number of hydrogen-bond acceptors (Lipinski definition) is 5. The van der Waals surface area contributed by atoms with Crippen LogP contribution in [0.5, 0.6) is 5.06 Å². The number of aromatic nitrogens is 2. The van der Waals surface area contributed by atoms with Crippen molar-refractivity contribution in [1.82, 2.24) is 9.59 Å². The molecule has 0 amide bonds. The Morgan fingerprint density at radius 3 is 3.09 bits per heavy atom. The molecular weight excluding hydrogens is 164 g/mol. The Hall–Kier alpha value is -0.680. The largest absolute Gasteiger partial charge is 0.479 e. The van der Waals surface area contributed by atoms with E-state index in [0.29, 0.717) is 13.2 Å². The third kappa shape index (κ3) is 3.29. The van der Waals surface area contributed by atoms with E-state index < -0.39 is 0 Å². The Morgan fingerprint density at radius 2 is 2.45 bits per heavy atom. The first-order valence-corrected chi connectivity index (χ1v) is 4.18. The van der Waals surface area contributed by atoms with Crippen molar-refractivity contribution >= 4 is 11.5 Å². The van der Waals surface area contributed by atoms with E-state index in [9.17, 15) is 0 Å². The first-order chi connectivity index (χ1) is 5.43. The van der Waals surface area contributed by atoms with Crippen molar-refractivity contribution in [3.8, 4) is 5.06 Å². The molecule has 1 heterocycles. The van der Waals surface area contributed by atoms with Crippen molar-refractivity contribution in [2.75, 3.05) is 19.8 Å². The van der Waals surface area contributed by atoms with Crippen LogP contribution in [-0.2, 0) is 4.74 Å². The van der Waals surface area contributed by atoms with Gasteiger partial charge >= 0.3 is 0 Å². The SMILES string of the molecule is CCOCCOc1cnns1. The molecule has 0 saturated carbocycles. The van der Waals surface area contributed by atoms with Gasteiger partial charge in [-0.2, -0.15) is 0 Å². The van der Waals surface area contributed by atoms with Crippen LogP contribution in [0.1, 0.15) is 6.92 Å². The third-order valence-corrected chi connectivity index (χ3v) is 1.60. The average Bonchev–Trinajstić information content (AvgIpc) is 2.50. The number of nitrogens with zero attached hydrogens (tertiary/aromatic N) is 2. The van der Waals surface area contributed by atoms with Gasteiger partial charge < -0.3 is 9.47 Å². The maximum Gasteiger partial charge on any atom is 0.214 e. The van der Waals surface area contributed by atoms with Gasteiger partial charge in [-0.25, -0.2) is 0 Å². The smallest absolute Gasteiger partial charge is 0.214 e. The fourth-order valence-electron chi connectivity index (χ4n) is 0.567. The fourth-order valence-corrected chi connectivity index (χ4v) is 0.972. The minimum atomic E-state index is 0.567. The first kappa shape index (κ1) is 8.42. The summed E-state index contributed by atoms with van der Waals surface area (Å²) in [6, 6.07) is 0. The molecule has 1 rings (SSSR count). The summed E-state index contributed by atoms with van der Waals surface area (Å²) in [6.45, 7) is 3.87. The highest BCUT2D eigenvalue weighted by Crippen LogP contribution is 2.11. The molecule has 0 aliphatic rings. The minimum Gasteiger partial charge on any atom is -0.479 e. The van der Waals surface area contributed by atoms with Crippen LogP contribution in [0.15, 0.2) is 6.20 Å². The third-order valence-electron chi connectivity index (χ3n) is 1.02. The maximum atomic E-state index is 5.22. The Morgan fingerprint density at radius 1 is 1.55 bits per heavy atom. The van der Waals surface area contributed by atoms with E-state index in [2.05, 4.69) is 9.59 Å². The van der Waals surface area contributed by atoms with Gasteiger partial charge in [0.1, 0.15) is 12.8 Å². The van der Waals surface area contributed by atoms with E-state index in [1.807, 2.05) is 6.92 Å². The quantitative estimate of drug-likeness (QED) is 0.623. The molecule has 0 N–H and O–H groups in total. The highest BCUT2D eigenvalue weighted by Gasteiger charge is 1.94. The van der Waals surface area contributed by atoms with E-state index >= 15 is 0 Å². The lowest BCUT2D eigenvalue weighted by atomic mass is 10.7. The van der Waals surface area contributed by atoms with Crippen LogP contribution in [0.25, 0.3) is 0 Å². The van der Waals surface area contributed by atoms with Gasteiger partial charge in [0.15, 0.2) is 0 Å². The van der Waals surface area contributed by atoms with Gasteiger partial charge in [-0.3, -0.25) is 0 Å². The fraction of sp³-hybridized carbons (Fsp3) is 0.667. The maximum absolute atomic E-state index is 5.22. The molecule has 0 unspecified atom stereocenters. The van der Waals surface area contributed by atoms with E-state index in [0.717, 1.165) is 11.7 Å². The zero-order valence-corrected chi connectivity index (χ0v) is 7.13. The monoisotopic (exact) mass is 174 g/mol. The summed E-state index contributed by atoms with van der Waals surface area (Å²) in [4.78, 5) is 0. The molecule has 5 heteroatoms. The second kappa shape index (κ2) is 5.03. The molecule has 0 aliphatic heterocycles. The molecule has 0 aliphatic carbocycles. The summed E-state index contributed by atoms with van der Waals surface area (Å²) in [7, 11) is 0. The lowest BCUT2D eigenvalue weighted by Crippen LogP contribution is -2.05. The molecule has 0 saturated heterocycles. The van der Waals surface area contributed by atoms with Gasteiger partial charge in [0.25, 0.3) is 0 Å². The molecule has 0 fully saturated rings. The number of hydrogen-bond donors (Lipinski definition) is 0. The molecule has 1 aromatic rings. The Kier molecular flexibility index (Phi) is 3.85. The van der Waals surface area contributed by atoms with Crippen molar-refractivity contribution in [2.45, 2.75) is 6.92 Å². The van der Waals surface area contributed by atoms with Crippen molar-refractivity contribution in [3.63, 3.8) is 0 Å². The zero-order chi connectivity index (χ0) is 7.94. The molecule has 0 spiro atoms. The number of ether oxygens (including phenoxy) is 2. The lowest BCUT2D eigenvalue weighted by molar-refractivity contribution is 0.111. The molecule has 62 valence electrons. The first-order valence-electron chi connectivity index (χ1n) is 3.41. The minimum absolute atomic E-state index is 0.567. The predicted octanol–water partition coefficient (Wildman–Crippen LogP) is 0.953. The van der Waals surface area contributed by atoms with Gasteiger partial charge in [0.05, 0.1) is 6.61 Å². The average molecular weight is 174 g/mol. The second-order valence-electron chi connectivity index (χ2n) is 1.78. The Balaban J connectivity index is 2.04. The van der Waals surface area contributed by atoms with Gasteiger partial charge in [-0.15, -0.1) is 5.10 Å². The van der Waals surface area contributed by atoms with Crippen LogP contribution in [0.4, 0.5) is 0 Å². The normalized spacial score (nSPS) is 9.91. The highest BCUT2D eigenvalue weighted by atomic mass is 32.1. The summed E-state index contributed by atoms with van der Waals surface area (Å²) in [6.07, 6.45) is 1.59. The molecule has 4 nitrogen and oxygen atoms in total. The van der Waals surface area contributed by atoms with E-state index in [1.165, 1.54) is 11.5 Å². The summed E-state index contributed by atoms with van der Waals surface area (Å²) < 4.78 is 13.9. The summed E-state index contributed by atoms with van der Waals surface area (Å²) >= 11 is 1.24.